The zero-order chi connectivity index (χ0) is 20.6. The van der Waals surface area contributed by atoms with Crippen LogP contribution in [0, 0.1) is 6.92 Å². The van der Waals surface area contributed by atoms with Gasteiger partial charge in [-0.1, -0.05) is 12.1 Å². The Bertz CT molecular complexity index is 1190. The second kappa shape index (κ2) is 7.05. The van der Waals surface area contributed by atoms with Gasteiger partial charge in [0.1, 0.15) is 0 Å². The molecule has 2 aromatic heterocycles. The van der Waals surface area contributed by atoms with Gasteiger partial charge >= 0.3 is 6.18 Å². The first-order valence-corrected chi connectivity index (χ1v) is 8.71. The molecule has 2 aromatic carbocycles. The molecule has 0 bridgehead atoms. The number of nitrogens with zero attached hydrogens (tertiary/aromatic N) is 4. The van der Waals surface area contributed by atoms with Gasteiger partial charge < -0.3 is 0 Å². The highest BCUT2D eigenvalue weighted by Crippen LogP contribution is 2.33. The first-order chi connectivity index (χ1) is 13.9. The largest absolute Gasteiger partial charge is 0.416 e. The number of carbonyl (C=O) groups excluding carboxylic acids is 1. The number of benzene rings is 2. The van der Waals surface area contributed by atoms with Crippen molar-refractivity contribution < 1.29 is 18.0 Å². The smallest absolute Gasteiger partial charge is 0.278 e. The van der Waals surface area contributed by atoms with Gasteiger partial charge in [-0.15, -0.1) is 5.10 Å². The molecule has 0 saturated heterocycles. The number of alkyl halides is 3. The molecule has 0 spiro atoms. The van der Waals surface area contributed by atoms with Gasteiger partial charge in [0, 0.05) is 23.3 Å². The van der Waals surface area contributed by atoms with Gasteiger partial charge in [0.25, 0.3) is 0 Å². The molecule has 0 unspecified atom stereocenters. The molecular weight excluding hydrogens is 381 g/mol. The molecule has 1 amide bonds. The molecule has 146 valence electrons. The lowest BCUT2D eigenvalue weighted by molar-refractivity contribution is -0.137. The highest BCUT2D eigenvalue weighted by Gasteiger charge is 2.30. The minimum absolute atomic E-state index is 0.258. The van der Waals surface area contributed by atoms with E-state index in [0.29, 0.717) is 29.1 Å². The van der Waals surface area contributed by atoms with Crippen molar-refractivity contribution in [2.24, 2.45) is 0 Å². The summed E-state index contributed by atoms with van der Waals surface area (Å²) in [6, 6.07) is 15.5. The SMILES string of the molecule is Cc1cc(N(C=O)c2cccc3ncccc23)nn1-c1cccc(C(F)(F)F)c1. The number of carbonyl (C=O) groups is 1. The number of aryl methyl sites for hydroxylation is 1. The molecule has 0 radical (unpaired) electrons. The third-order valence-corrected chi connectivity index (χ3v) is 4.53. The number of rotatable bonds is 4. The molecule has 8 heteroatoms. The Labute approximate surface area is 164 Å². The van der Waals surface area contributed by atoms with Crippen LogP contribution in [0.3, 0.4) is 0 Å². The van der Waals surface area contributed by atoms with Crippen molar-refractivity contribution in [3.8, 4) is 5.69 Å². The maximum Gasteiger partial charge on any atom is 0.416 e. The second-order valence-electron chi connectivity index (χ2n) is 6.43. The van der Waals surface area contributed by atoms with Crippen molar-refractivity contribution in [3.63, 3.8) is 0 Å². The molecule has 0 aliphatic carbocycles. The third-order valence-electron chi connectivity index (χ3n) is 4.53. The number of pyridine rings is 1. The monoisotopic (exact) mass is 396 g/mol. The predicted octanol–water partition coefficient (Wildman–Crippen LogP) is 5.04. The molecule has 2 heterocycles. The lowest BCUT2D eigenvalue weighted by Gasteiger charge is -2.16. The van der Waals surface area contributed by atoms with Gasteiger partial charge in [0.05, 0.1) is 22.5 Å². The zero-order valence-electron chi connectivity index (χ0n) is 15.3. The van der Waals surface area contributed by atoms with E-state index in [-0.39, 0.29) is 5.69 Å². The van der Waals surface area contributed by atoms with Crippen LogP contribution >= 0.6 is 0 Å². The lowest BCUT2D eigenvalue weighted by atomic mass is 10.1. The lowest BCUT2D eigenvalue weighted by Crippen LogP contribution is -2.15. The minimum atomic E-state index is -4.45. The Morgan fingerprint density at radius 1 is 1.03 bits per heavy atom. The quantitative estimate of drug-likeness (QED) is 0.454. The van der Waals surface area contributed by atoms with Crippen LogP contribution in [0.15, 0.2) is 66.9 Å². The summed E-state index contributed by atoms with van der Waals surface area (Å²) in [4.78, 5) is 17.5. The molecule has 0 aliphatic rings. The topological polar surface area (TPSA) is 51.0 Å². The molecule has 5 nitrogen and oxygen atoms in total. The van der Waals surface area contributed by atoms with Crippen LogP contribution in [0.1, 0.15) is 11.3 Å². The Balaban J connectivity index is 1.80. The van der Waals surface area contributed by atoms with Crippen molar-refractivity contribution in [1.29, 1.82) is 0 Å². The number of halogens is 3. The van der Waals surface area contributed by atoms with Gasteiger partial charge in [-0.2, -0.15) is 13.2 Å². The fraction of sp³-hybridized carbons (Fsp3) is 0.0952. The summed E-state index contributed by atoms with van der Waals surface area (Å²) in [5, 5.41) is 5.14. The van der Waals surface area contributed by atoms with Crippen LogP contribution in [0.4, 0.5) is 24.7 Å². The zero-order valence-corrected chi connectivity index (χ0v) is 15.3. The fourth-order valence-corrected chi connectivity index (χ4v) is 3.18. The van der Waals surface area contributed by atoms with Gasteiger partial charge in [0.15, 0.2) is 5.82 Å². The molecule has 29 heavy (non-hydrogen) atoms. The van der Waals surface area contributed by atoms with E-state index in [1.165, 1.54) is 21.7 Å². The molecule has 4 rings (SSSR count). The van der Waals surface area contributed by atoms with Crippen molar-refractivity contribution in [1.82, 2.24) is 14.8 Å². The van der Waals surface area contributed by atoms with Crippen LogP contribution in [0.5, 0.6) is 0 Å². The standard InChI is InChI=1S/C21H15F3N4O/c1-14-11-20(26-28(14)16-6-2-5-15(12-16)21(22,23)24)27(13-29)19-9-3-8-18-17(19)7-4-10-25-18/h2-13H,1H3. The fourth-order valence-electron chi connectivity index (χ4n) is 3.18. The summed E-state index contributed by atoms with van der Waals surface area (Å²) < 4.78 is 40.5. The molecule has 0 fully saturated rings. The first kappa shape index (κ1) is 18.7. The number of aromatic nitrogens is 3. The van der Waals surface area contributed by atoms with Gasteiger partial charge in [-0.05, 0) is 49.4 Å². The van der Waals surface area contributed by atoms with E-state index >= 15 is 0 Å². The molecule has 4 aromatic rings. The van der Waals surface area contributed by atoms with E-state index in [4.69, 9.17) is 0 Å². The Kier molecular flexibility index (Phi) is 4.54. The van der Waals surface area contributed by atoms with Crippen molar-refractivity contribution in [3.05, 3.63) is 78.1 Å². The number of anilines is 2. The molecular formula is C21H15F3N4O. The van der Waals surface area contributed by atoms with E-state index in [1.54, 1.807) is 37.4 Å². The summed E-state index contributed by atoms with van der Waals surface area (Å²) >= 11 is 0. The summed E-state index contributed by atoms with van der Waals surface area (Å²) in [6.07, 6.45) is -2.17. The van der Waals surface area contributed by atoms with Gasteiger partial charge in [-0.25, -0.2) is 4.68 Å². The number of hydrogen-bond donors (Lipinski definition) is 0. The van der Waals surface area contributed by atoms with Crippen LogP contribution in [0.2, 0.25) is 0 Å². The summed E-state index contributed by atoms with van der Waals surface area (Å²) in [5.41, 5.74) is 1.38. The normalized spacial score (nSPS) is 11.6. The van der Waals surface area contributed by atoms with Gasteiger partial charge in [0.2, 0.25) is 6.41 Å². The first-order valence-electron chi connectivity index (χ1n) is 8.71. The van der Waals surface area contributed by atoms with Crippen LogP contribution < -0.4 is 4.90 Å². The number of hydrogen-bond acceptors (Lipinski definition) is 3. The minimum Gasteiger partial charge on any atom is -0.278 e. The number of amides is 1. The van der Waals surface area contributed by atoms with E-state index in [0.717, 1.165) is 17.5 Å². The molecule has 0 N–H and O–H groups in total. The van der Waals surface area contributed by atoms with E-state index in [1.807, 2.05) is 12.1 Å². The van der Waals surface area contributed by atoms with E-state index < -0.39 is 11.7 Å². The average molecular weight is 396 g/mol. The Hall–Kier alpha value is -3.68. The Morgan fingerprint density at radius 2 is 1.83 bits per heavy atom. The van der Waals surface area contributed by atoms with E-state index in [2.05, 4.69) is 10.1 Å². The summed E-state index contributed by atoms with van der Waals surface area (Å²) in [5.74, 6) is 0.297. The molecule has 0 saturated carbocycles. The van der Waals surface area contributed by atoms with Crippen LogP contribution in [0.25, 0.3) is 16.6 Å². The average Bonchev–Trinajstić information content (AvgIpc) is 3.09. The number of fused-ring (bicyclic) bond motifs is 1. The van der Waals surface area contributed by atoms with E-state index in [9.17, 15) is 18.0 Å². The highest BCUT2D eigenvalue weighted by molar-refractivity contribution is 6.00. The maximum absolute atomic E-state index is 13.1. The van der Waals surface area contributed by atoms with Gasteiger partial charge in [-0.3, -0.25) is 14.7 Å². The predicted molar refractivity (Wildman–Crippen MR) is 103 cm³/mol. The highest BCUT2D eigenvalue weighted by atomic mass is 19.4. The van der Waals surface area contributed by atoms with Crippen LogP contribution in [-0.2, 0) is 11.0 Å². The Morgan fingerprint density at radius 3 is 2.59 bits per heavy atom. The molecule has 0 aliphatic heterocycles. The molecule has 0 atom stereocenters. The summed E-state index contributed by atoms with van der Waals surface area (Å²) in [7, 11) is 0. The second-order valence-corrected chi connectivity index (χ2v) is 6.43. The van der Waals surface area contributed by atoms with Crippen LogP contribution in [-0.4, -0.2) is 21.2 Å². The summed E-state index contributed by atoms with van der Waals surface area (Å²) in [6.45, 7) is 1.71. The van der Waals surface area contributed by atoms with Crippen molar-refractivity contribution >= 4 is 28.8 Å². The third kappa shape index (κ3) is 3.44. The van der Waals surface area contributed by atoms with Crippen molar-refractivity contribution in [2.75, 3.05) is 4.90 Å². The maximum atomic E-state index is 13.1. The van der Waals surface area contributed by atoms with Crippen molar-refractivity contribution in [2.45, 2.75) is 13.1 Å².